The van der Waals surface area contributed by atoms with Crippen molar-refractivity contribution in [2.24, 2.45) is 0 Å². The van der Waals surface area contributed by atoms with Crippen molar-refractivity contribution in [3.8, 4) is 0 Å². The van der Waals surface area contributed by atoms with Crippen LogP contribution in [-0.2, 0) is 11.2 Å². The molecule has 1 fully saturated rings. The van der Waals surface area contributed by atoms with Gasteiger partial charge in [0.15, 0.2) is 0 Å². The van der Waals surface area contributed by atoms with Crippen LogP contribution in [0.3, 0.4) is 0 Å². The van der Waals surface area contributed by atoms with E-state index in [1.165, 1.54) is 16.9 Å². The maximum absolute atomic E-state index is 12.3. The third kappa shape index (κ3) is 3.49. The number of hydrogen-bond donors (Lipinski definition) is 3. The van der Waals surface area contributed by atoms with Gasteiger partial charge < -0.3 is 0 Å². The molecule has 2 unspecified atom stereocenters. The normalized spacial score (nSPS) is 21.0. The van der Waals surface area contributed by atoms with Crippen molar-refractivity contribution in [1.29, 1.82) is 0 Å². The number of anilines is 1. The van der Waals surface area contributed by atoms with Crippen molar-refractivity contribution in [1.82, 2.24) is 21.0 Å². The van der Waals surface area contributed by atoms with E-state index in [4.69, 9.17) is 0 Å². The molecule has 1 aromatic heterocycles. The number of aromatic nitrogens is 2. The molecular formula is C15H19N5OS. The molecule has 6 nitrogen and oxygen atoms in total. The first-order valence-electron chi connectivity index (χ1n) is 7.45. The van der Waals surface area contributed by atoms with Gasteiger partial charge in [0.25, 0.3) is 0 Å². The fraction of sp³-hybridized carbons (Fsp3) is 0.400. The first-order valence-corrected chi connectivity index (χ1v) is 8.27. The van der Waals surface area contributed by atoms with E-state index >= 15 is 0 Å². The molecule has 1 aromatic carbocycles. The van der Waals surface area contributed by atoms with Gasteiger partial charge in [0.2, 0.25) is 11.0 Å². The standard InChI is InChI=1S/C15H19N5OS/c1-2-6-13-19-20-15(22-13)16-14(21)12-9-11(17-18-12)10-7-4-3-5-8-10/h3-5,7-8,11-12,17-18H,2,6,9H2,1H3,(H,16,20,21). The molecule has 22 heavy (non-hydrogen) atoms. The van der Waals surface area contributed by atoms with Crippen LogP contribution in [0, 0.1) is 0 Å². The van der Waals surface area contributed by atoms with Crippen LogP contribution >= 0.6 is 11.3 Å². The molecule has 7 heteroatoms. The third-order valence-corrected chi connectivity index (χ3v) is 4.48. The molecule has 3 rings (SSSR count). The highest BCUT2D eigenvalue weighted by Gasteiger charge is 2.30. The van der Waals surface area contributed by atoms with Crippen molar-refractivity contribution < 1.29 is 4.79 Å². The lowest BCUT2D eigenvalue weighted by Gasteiger charge is -2.09. The molecule has 0 aliphatic carbocycles. The van der Waals surface area contributed by atoms with Crippen LogP contribution in [-0.4, -0.2) is 22.1 Å². The fourth-order valence-electron chi connectivity index (χ4n) is 2.44. The lowest BCUT2D eigenvalue weighted by atomic mass is 10.0. The number of hydrazine groups is 1. The maximum atomic E-state index is 12.3. The summed E-state index contributed by atoms with van der Waals surface area (Å²) in [5.41, 5.74) is 7.40. The van der Waals surface area contributed by atoms with E-state index in [0.29, 0.717) is 11.6 Å². The molecule has 3 N–H and O–H groups in total. The molecule has 1 amide bonds. The minimum Gasteiger partial charge on any atom is -0.299 e. The second-order valence-corrected chi connectivity index (χ2v) is 6.34. The minimum atomic E-state index is -0.274. The summed E-state index contributed by atoms with van der Waals surface area (Å²) in [5.74, 6) is -0.0786. The average molecular weight is 317 g/mol. The smallest absolute Gasteiger partial charge is 0.244 e. The Bertz CT molecular complexity index is 630. The summed E-state index contributed by atoms with van der Waals surface area (Å²) in [6, 6.07) is 9.97. The third-order valence-electron chi connectivity index (χ3n) is 3.58. The predicted octanol–water partition coefficient (Wildman–Crippen LogP) is 2.04. The zero-order chi connectivity index (χ0) is 15.4. The number of rotatable bonds is 5. The van der Waals surface area contributed by atoms with Crippen LogP contribution in [0.1, 0.15) is 36.4 Å². The average Bonchev–Trinajstić information content (AvgIpc) is 3.18. The van der Waals surface area contributed by atoms with Gasteiger partial charge in [0.05, 0.1) is 0 Å². The summed E-state index contributed by atoms with van der Waals surface area (Å²) < 4.78 is 0. The van der Waals surface area contributed by atoms with Crippen LogP contribution in [0.4, 0.5) is 5.13 Å². The molecule has 1 aliphatic rings. The summed E-state index contributed by atoms with van der Waals surface area (Å²) in [6.07, 6.45) is 2.62. The summed E-state index contributed by atoms with van der Waals surface area (Å²) >= 11 is 1.44. The van der Waals surface area contributed by atoms with Crippen LogP contribution in [0.25, 0.3) is 0 Å². The molecule has 0 spiro atoms. The maximum Gasteiger partial charge on any atom is 0.244 e. The Morgan fingerprint density at radius 1 is 1.32 bits per heavy atom. The van der Waals surface area contributed by atoms with Gasteiger partial charge in [-0.15, -0.1) is 10.2 Å². The Morgan fingerprint density at radius 2 is 2.14 bits per heavy atom. The molecule has 1 aliphatic heterocycles. The summed E-state index contributed by atoms with van der Waals surface area (Å²) in [6.45, 7) is 2.09. The zero-order valence-corrected chi connectivity index (χ0v) is 13.2. The van der Waals surface area contributed by atoms with E-state index < -0.39 is 0 Å². The van der Waals surface area contributed by atoms with Crippen molar-refractivity contribution in [3.63, 3.8) is 0 Å². The number of hydrogen-bond acceptors (Lipinski definition) is 6. The lowest BCUT2D eigenvalue weighted by Crippen LogP contribution is -2.39. The predicted molar refractivity (Wildman–Crippen MR) is 86.4 cm³/mol. The monoisotopic (exact) mass is 317 g/mol. The first kappa shape index (κ1) is 15.1. The van der Waals surface area contributed by atoms with Gasteiger partial charge in [-0.25, -0.2) is 10.9 Å². The van der Waals surface area contributed by atoms with Gasteiger partial charge in [-0.05, 0) is 18.4 Å². The molecule has 2 heterocycles. The Hall–Kier alpha value is -1.83. The van der Waals surface area contributed by atoms with Crippen molar-refractivity contribution in [2.75, 3.05) is 5.32 Å². The summed E-state index contributed by atoms with van der Waals surface area (Å²) in [7, 11) is 0. The molecule has 1 saturated heterocycles. The highest BCUT2D eigenvalue weighted by Crippen LogP contribution is 2.23. The van der Waals surface area contributed by atoms with E-state index in [-0.39, 0.29) is 18.0 Å². The van der Waals surface area contributed by atoms with E-state index in [2.05, 4.69) is 45.4 Å². The van der Waals surface area contributed by atoms with Crippen molar-refractivity contribution in [3.05, 3.63) is 40.9 Å². The van der Waals surface area contributed by atoms with E-state index in [9.17, 15) is 4.79 Å². The number of benzene rings is 1. The van der Waals surface area contributed by atoms with Crippen molar-refractivity contribution >= 4 is 22.4 Å². The number of nitrogens with one attached hydrogen (secondary N) is 3. The number of amides is 1. The highest BCUT2D eigenvalue weighted by atomic mass is 32.1. The van der Waals surface area contributed by atoms with E-state index in [1.807, 2.05) is 18.2 Å². The molecule has 2 atom stereocenters. The van der Waals surface area contributed by atoms with Gasteiger partial charge in [0.1, 0.15) is 11.0 Å². The van der Waals surface area contributed by atoms with Crippen LogP contribution in [0.15, 0.2) is 30.3 Å². The summed E-state index contributed by atoms with van der Waals surface area (Å²) in [4.78, 5) is 12.3. The van der Waals surface area contributed by atoms with Gasteiger partial charge in [-0.1, -0.05) is 48.6 Å². The Labute approximate surface area is 133 Å². The number of nitrogens with zero attached hydrogens (tertiary/aromatic N) is 2. The lowest BCUT2D eigenvalue weighted by molar-refractivity contribution is -0.117. The molecule has 0 saturated carbocycles. The summed E-state index contributed by atoms with van der Waals surface area (Å²) in [5, 5.41) is 12.4. The van der Waals surface area contributed by atoms with Gasteiger partial charge >= 0.3 is 0 Å². The SMILES string of the molecule is CCCc1nnc(NC(=O)C2CC(c3ccccc3)NN2)s1. The zero-order valence-electron chi connectivity index (χ0n) is 12.4. The second-order valence-electron chi connectivity index (χ2n) is 5.28. The molecule has 116 valence electrons. The number of aryl methyl sites for hydroxylation is 1. The molecule has 0 radical (unpaired) electrons. The molecule has 2 aromatic rings. The number of carbonyl (C=O) groups excluding carboxylic acids is 1. The number of carbonyl (C=O) groups is 1. The quantitative estimate of drug-likeness (QED) is 0.786. The Kier molecular flexibility index (Phi) is 4.77. The van der Waals surface area contributed by atoms with Gasteiger partial charge in [-0.3, -0.25) is 10.1 Å². The van der Waals surface area contributed by atoms with Gasteiger partial charge in [0, 0.05) is 12.5 Å². The van der Waals surface area contributed by atoms with E-state index in [1.54, 1.807) is 0 Å². The van der Waals surface area contributed by atoms with Crippen LogP contribution in [0.5, 0.6) is 0 Å². The van der Waals surface area contributed by atoms with Gasteiger partial charge in [-0.2, -0.15) is 0 Å². The van der Waals surface area contributed by atoms with E-state index in [0.717, 1.165) is 17.8 Å². The van der Waals surface area contributed by atoms with Crippen LogP contribution < -0.4 is 16.2 Å². The molecule has 0 bridgehead atoms. The van der Waals surface area contributed by atoms with Crippen LogP contribution in [0.2, 0.25) is 0 Å². The largest absolute Gasteiger partial charge is 0.299 e. The fourth-order valence-corrected chi connectivity index (χ4v) is 3.29. The minimum absolute atomic E-state index is 0.0786. The molecular weight excluding hydrogens is 298 g/mol. The second kappa shape index (κ2) is 6.95. The Morgan fingerprint density at radius 3 is 2.91 bits per heavy atom. The first-order chi connectivity index (χ1) is 10.8. The Balaban J connectivity index is 1.57. The van der Waals surface area contributed by atoms with Crippen molar-refractivity contribution in [2.45, 2.75) is 38.3 Å². The topological polar surface area (TPSA) is 78.9 Å². The highest BCUT2D eigenvalue weighted by molar-refractivity contribution is 7.15.